The monoisotopic (exact) mass is 700 g/mol. The lowest BCUT2D eigenvalue weighted by molar-refractivity contribution is -0.376. The standard InChI is InChI=1S/C25H26F6N6O5S3/c1-44(39,40)37(18-5-3-2-4-6-18)15-22(21-33-12-16(13-34-21)23(38,24(26,27)28)25(29,30)31)14-36(10-9-35-22)45(41,42)20-11-17(32)7-8-19(20)43/h2-7,11-13,35,38H,8-10,14-15,32H2,1H3/t22-/m1/s1. The molecule has 20 heteroatoms. The minimum absolute atomic E-state index is 0.0366. The topological polar surface area (TPSA) is 159 Å². The number of aromatic nitrogens is 2. The molecule has 45 heavy (non-hydrogen) atoms. The van der Waals surface area contributed by atoms with E-state index in [0.29, 0.717) is 0 Å². The first-order valence-electron chi connectivity index (χ1n) is 12.8. The van der Waals surface area contributed by atoms with E-state index < -0.39 is 68.0 Å². The molecule has 246 valence electrons. The van der Waals surface area contributed by atoms with Crippen molar-refractivity contribution < 1.29 is 48.3 Å². The lowest BCUT2D eigenvalue weighted by Gasteiger charge is -2.44. The molecule has 1 aliphatic carbocycles. The Hall–Kier alpha value is -3.17. The average molecular weight is 701 g/mol. The molecule has 2 aromatic rings. The van der Waals surface area contributed by atoms with Crippen molar-refractivity contribution in [2.45, 2.75) is 29.9 Å². The molecule has 0 saturated carbocycles. The van der Waals surface area contributed by atoms with E-state index >= 15 is 0 Å². The fraction of sp³-hybridized carbons (Fsp3) is 0.400. The second-order valence-corrected chi connectivity index (χ2v) is 14.6. The Morgan fingerprint density at radius 1 is 1.07 bits per heavy atom. The summed E-state index contributed by atoms with van der Waals surface area (Å²) in [6.45, 7) is -1.68. The van der Waals surface area contributed by atoms with Crippen molar-refractivity contribution >= 4 is 42.8 Å². The largest absolute Gasteiger partial charge is 0.430 e. The summed E-state index contributed by atoms with van der Waals surface area (Å²) in [5.74, 6) is -0.554. The fourth-order valence-electron chi connectivity index (χ4n) is 4.84. The minimum atomic E-state index is -6.22. The number of aliphatic hydroxyl groups is 1. The second kappa shape index (κ2) is 11.9. The molecule has 4 N–H and O–H groups in total. The summed E-state index contributed by atoms with van der Waals surface area (Å²) < 4.78 is 136. The highest BCUT2D eigenvalue weighted by Gasteiger charge is 2.72. The van der Waals surface area contributed by atoms with E-state index in [4.69, 9.17) is 18.0 Å². The number of nitrogens with one attached hydrogen (secondary N) is 1. The van der Waals surface area contributed by atoms with Crippen molar-refractivity contribution in [3.63, 3.8) is 0 Å². The van der Waals surface area contributed by atoms with E-state index in [0.717, 1.165) is 20.9 Å². The quantitative estimate of drug-likeness (QED) is 0.275. The summed E-state index contributed by atoms with van der Waals surface area (Å²) in [7, 11) is -8.57. The van der Waals surface area contributed by atoms with Gasteiger partial charge in [0.2, 0.25) is 20.0 Å². The highest BCUT2D eigenvalue weighted by Crippen LogP contribution is 2.49. The Kier molecular flexibility index (Phi) is 9.16. The van der Waals surface area contributed by atoms with Gasteiger partial charge in [-0.05, 0) is 18.2 Å². The summed E-state index contributed by atoms with van der Waals surface area (Å²) >= 11 is 5.23. The fourth-order valence-corrected chi connectivity index (χ4v) is 7.91. The Labute approximate surface area is 259 Å². The van der Waals surface area contributed by atoms with Crippen LogP contribution in [-0.4, -0.2) is 85.9 Å². The number of halogens is 6. The number of thiocarbonyl (C=S) groups is 1. The van der Waals surface area contributed by atoms with Crippen LogP contribution in [0.4, 0.5) is 32.0 Å². The van der Waals surface area contributed by atoms with Crippen molar-refractivity contribution in [2.24, 2.45) is 5.73 Å². The molecule has 2 heterocycles. The van der Waals surface area contributed by atoms with Gasteiger partial charge in [0.05, 0.1) is 23.4 Å². The van der Waals surface area contributed by atoms with Crippen LogP contribution in [0.15, 0.2) is 65.5 Å². The Balaban J connectivity index is 1.88. The van der Waals surface area contributed by atoms with Crippen LogP contribution in [0.1, 0.15) is 17.8 Å². The smallest absolute Gasteiger partial charge is 0.399 e. The summed E-state index contributed by atoms with van der Waals surface area (Å²) in [5.41, 5.74) is -3.01. The van der Waals surface area contributed by atoms with Gasteiger partial charge in [-0.15, -0.1) is 0 Å². The van der Waals surface area contributed by atoms with E-state index in [9.17, 15) is 48.3 Å². The van der Waals surface area contributed by atoms with E-state index in [1.54, 1.807) is 6.07 Å². The molecule has 1 atom stereocenters. The first kappa shape index (κ1) is 34.7. The van der Waals surface area contributed by atoms with E-state index in [1.165, 1.54) is 30.3 Å². The highest BCUT2D eigenvalue weighted by atomic mass is 32.2. The van der Waals surface area contributed by atoms with E-state index in [1.807, 2.05) is 0 Å². The first-order chi connectivity index (χ1) is 20.6. The van der Waals surface area contributed by atoms with Crippen molar-refractivity contribution in [2.75, 3.05) is 36.7 Å². The first-order valence-corrected chi connectivity index (χ1v) is 16.5. The van der Waals surface area contributed by atoms with Gasteiger partial charge in [0.15, 0.2) is 5.82 Å². The zero-order valence-electron chi connectivity index (χ0n) is 23.2. The molecule has 0 bridgehead atoms. The SMILES string of the molecule is CS(=O)(=O)N(C[C@@]1(c2ncc(C(O)(C(F)(F)F)C(F)(F)F)cn2)CN(S(=O)(=O)C2=CC(N)=CCC2=S)CCN1)c1ccccc1. The summed E-state index contributed by atoms with van der Waals surface area (Å²) in [6, 6.07) is 7.46. The van der Waals surface area contributed by atoms with Crippen LogP contribution < -0.4 is 15.4 Å². The Morgan fingerprint density at radius 3 is 2.18 bits per heavy atom. The van der Waals surface area contributed by atoms with Crippen molar-refractivity contribution in [3.8, 4) is 0 Å². The van der Waals surface area contributed by atoms with Gasteiger partial charge in [-0.25, -0.2) is 26.8 Å². The summed E-state index contributed by atoms with van der Waals surface area (Å²) in [5, 5.41) is 12.7. The van der Waals surface area contributed by atoms with Crippen LogP contribution in [0.2, 0.25) is 0 Å². The van der Waals surface area contributed by atoms with Gasteiger partial charge in [0.1, 0.15) is 5.54 Å². The molecule has 0 spiro atoms. The zero-order chi connectivity index (χ0) is 33.6. The molecule has 1 aromatic carbocycles. The lowest BCUT2D eigenvalue weighted by Crippen LogP contribution is -2.65. The molecular formula is C25H26F6N6O5S3. The Bertz CT molecular complexity index is 1720. The number of nitrogens with two attached hydrogens (primary N) is 1. The number of benzene rings is 1. The third kappa shape index (κ3) is 6.57. The van der Waals surface area contributed by atoms with E-state index in [-0.39, 0.29) is 53.1 Å². The Morgan fingerprint density at radius 2 is 1.64 bits per heavy atom. The third-order valence-electron chi connectivity index (χ3n) is 7.16. The van der Waals surface area contributed by atoms with Crippen LogP contribution in [0, 0.1) is 0 Å². The van der Waals surface area contributed by atoms with Gasteiger partial charge in [0, 0.05) is 54.6 Å². The van der Waals surface area contributed by atoms with Gasteiger partial charge in [0.25, 0.3) is 5.60 Å². The van der Waals surface area contributed by atoms with Crippen LogP contribution in [-0.2, 0) is 31.2 Å². The number of piperazine rings is 1. The number of nitrogens with zero attached hydrogens (tertiary/aromatic N) is 4. The number of alkyl halides is 6. The highest BCUT2D eigenvalue weighted by molar-refractivity contribution is 7.96. The molecule has 0 radical (unpaired) electrons. The van der Waals surface area contributed by atoms with Crippen molar-refractivity contribution in [3.05, 3.63) is 76.9 Å². The number of allylic oxidation sites excluding steroid dienone is 3. The molecule has 2 aliphatic rings. The lowest BCUT2D eigenvalue weighted by atomic mass is 9.93. The molecule has 0 unspecified atom stereocenters. The zero-order valence-corrected chi connectivity index (χ0v) is 25.6. The van der Waals surface area contributed by atoms with Gasteiger partial charge in [-0.3, -0.25) is 4.31 Å². The maximum absolute atomic E-state index is 13.8. The van der Waals surface area contributed by atoms with Gasteiger partial charge >= 0.3 is 12.4 Å². The molecule has 4 rings (SSSR count). The van der Waals surface area contributed by atoms with Crippen molar-refractivity contribution in [1.29, 1.82) is 0 Å². The predicted octanol–water partition coefficient (Wildman–Crippen LogP) is 2.19. The van der Waals surface area contributed by atoms with Crippen LogP contribution in [0.5, 0.6) is 0 Å². The molecular weight excluding hydrogens is 675 g/mol. The second-order valence-electron chi connectivity index (χ2n) is 10.3. The number of rotatable bonds is 8. The van der Waals surface area contributed by atoms with E-state index in [2.05, 4.69) is 15.3 Å². The van der Waals surface area contributed by atoms with Gasteiger partial charge in [-0.1, -0.05) is 36.5 Å². The summed E-state index contributed by atoms with van der Waals surface area (Å²) in [4.78, 5) is 7.15. The van der Waals surface area contributed by atoms with Crippen LogP contribution >= 0.6 is 12.2 Å². The maximum atomic E-state index is 13.8. The molecule has 1 saturated heterocycles. The normalized spacial score (nSPS) is 20.8. The molecule has 0 amide bonds. The molecule has 11 nitrogen and oxygen atoms in total. The van der Waals surface area contributed by atoms with Crippen LogP contribution in [0.3, 0.4) is 0 Å². The third-order valence-corrected chi connectivity index (χ3v) is 10.7. The number of hydrogen-bond acceptors (Lipinski definition) is 10. The number of anilines is 1. The number of hydrogen-bond donors (Lipinski definition) is 3. The minimum Gasteiger partial charge on any atom is -0.399 e. The maximum Gasteiger partial charge on any atom is 0.430 e. The predicted molar refractivity (Wildman–Crippen MR) is 154 cm³/mol. The van der Waals surface area contributed by atoms with Gasteiger partial charge < -0.3 is 16.2 Å². The number of sulfonamides is 2. The number of para-hydroxylation sites is 1. The molecule has 1 aliphatic heterocycles. The summed E-state index contributed by atoms with van der Waals surface area (Å²) in [6.07, 6.45) is -8.66. The molecule has 1 aromatic heterocycles. The molecule has 1 fully saturated rings. The average Bonchev–Trinajstić information content (AvgIpc) is 2.95. The van der Waals surface area contributed by atoms with Crippen LogP contribution in [0.25, 0.3) is 0 Å². The van der Waals surface area contributed by atoms with Crippen molar-refractivity contribution in [1.82, 2.24) is 19.6 Å². The van der Waals surface area contributed by atoms with Gasteiger partial charge in [-0.2, -0.15) is 30.6 Å².